The molecule has 1 aliphatic heterocycles. The molecule has 1 fully saturated rings. The molecule has 1 aromatic carbocycles. The maximum Gasteiger partial charge on any atom is 0.225 e. The summed E-state index contributed by atoms with van der Waals surface area (Å²) in [6.45, 7) is 2.03. The maximum atomic E-state index is 13.5. The van der Waals surface area contributed by atoms with Crippen LogP contribution in [0.25, 0.3) is 10.9 Å². The number of nitrogens with one attached hydrogen (secondary N) is 2. The fraction of sp³-hybridized carbons (Fsp3) is 0.350. The summed E-state index contributed by atoms with van der Waals surface area (Å²) in [4.78, 5) is 26.3. The summed E-state index contributed by atoms with van der Waals surface area (Å²) >= 11 is 0. The molecule has 2 aromatic heterocycles. The molecule has 3 heterocycles. The molecule has 0 saturated carbocycles. The van der Waals surface area contributed by atoms with Gasteiger partial charge in [-0.05, 0) is 49.1 Å². The van der Waals surface area contributed by atoms with Gasteiger partial charge >= 0.3 is 0 Å². The van der Waals surface area contributed by atoms with E-state index in [2.05, 4.69) is 25.2 Å². The van der Waals surface area contributed by atoms with Crippen LogP contribution in [0.1, 0.15) is 18.4 Å². The zero-order chi connectivity index (χ0) is 18.6. The second-order valence-corrected chi connectivity index (χ2v) is 6.88. The molecular formula is C20H22FN5O. The Morgan fingerprint density at radius 1 is 1.33 bits per heavy atom. The van der Waals surface area contributed by atoms with Crippen molar-refractivity contribution >= 4 is 22.8 Å². The van der Waals surface area contributed by atoms with Crippen LogP contribution in [0, 0.1) is 11.7 Å². The number of nitrogens with zero attached hydrogens (tertiary/aromatic N) is 3. The van der Waals surface area contributed by atoms with E-state index in [0.717, 1.165) is 35.9 Å². The summed E-state index contributed by atoms with van der Waals surface area (Å²) in [5.74, 6) is 0.415. The highest BCUT2D eigenvalue weighted by molar-refractivity contribution is 5.83. The van der Waals surface area contributed by atoms with Gasteiger partial charge in [0.25, 0.3) is 0 Å². The molecule has 140 valence electrons. The lowest BCUT2D eigenvalue weighted by atomic mass is 9.97. The normalized spacial score (nSPS) is 17.2. The zero-order valence-electron chi connectivity index (χ0n) is 15.0. The van der Waals surface area contributed by atoms with Crippen LogP contribution in [0.2, 0.25) is 0 Å². The highest BCUT2D eigenvalue weighted by Gasteiger charge is 2.26. The number of aromatic nitrogens is 3. The Hall–Kier alpha value is -2.96. The van der Waals surface area contributed by atoms with Crippen LogP contribution < -0.4 is 10.2 Å². The van der Waals surface area contributed by atoms with Crippen LogP contribution in [0.4, 0.5) is 10.3 Å². The van der Waals surface area contributed by atoms with Gasteiger partial charge in [0.15, 0.2) is 0 Å². The summed E-state index contributed by atoms with van der Waals surface area (Å²) in [7, 11) is 0. The topological polar surface area (TPSA) is 73.9 Å². The van der Waals surface area contributed by atoms with Crippen molar-refractivity contribution in [2.45, 2.75) is 19.3 Å². The van der Waals surface area contributed by atoms with Gasteiger partial charge in [-0.25, -0.2) is 14.4 Å². The molecule has 7 heteroatoms. The average molecular weight is 367 g/mol. The predicted octanol–water partition coefficient (Wildman–Crippen LogP) is 2.67. The van der Waals surface area contributed by atoms with E-state index in [0.29, 0.717) is 25.5 Å². The van der Waals surface area contributed by atoms with Crippen LogP contribution in [-0.4, -0.2) is 40.5 Å². The summed E-state index contributed by atoms with van der Waals surface area (Å²) in [6.07, 6.45) is 7.79. The first kappa shape index (κ1) is 17.5. The average Bonchev–Trinajstić information content (AvgIpc) is 3.11. The van der Waals surface area contributed by atoms with Crippen molar-refractivity contribution in [2.75, 3.05) is 24.5 Å². The molecule has 1 unspecified atom stereocenters. The first-order valence-electron chi connectivity index (χ1n) is 9.26. The third kappa shape index (κ3) is 3.92. The standard InChI is InChI=1S/C20H22FN5O/c21-16-4-5-18-17(11-16)14(12-25-18)6-9-22-19(27)15-3-1-10-26(13-15)20-23-7-2-8-24-20/h2,4-5,7-8,11-12,15,25H,1,3,6,9-10,13H2,(H,22,27). The Balaban J connectivity index is 1.33. The zero-order valence-corrected chi connectivity index (χ0v) is 15.0. The molecule has 1 amide bonds. The molecule has 0 bridgehead atoms. The van der Waals surface area contributed by atoms with E-state index in [1.165, 1.54) is 12.1 Å². The van der Waals surface area contributed by atoms with Crippen molar-refractivity contribution in [3.8, 4) is 0 Å². The minimum absolute atomic E-state index is 0.0571. The van der Waals surface area contributed by atoms with E-state index in [4.69, 9.17) is 0 Å². The fourth-order valence-electron chi connectivity index (χ4n) is 3.65. The van der Waals surface area contributed by atoms with Gasteiger partial charge in [0.1, 0.15) is 5.82 Å². The first-order chi connectivity index (χ1) is 13.2. The van der Waals surface area contributed by atoms with Gasteiger partial charge in [-0.3, -0.25) is 4.79 Å². The molecule has 1 saturated heterocycles. The lowest BCUT2D eigenvalue weighted by Gasteiger charge is -2.31. The first-order valence-corrected chi connectivity index (χ1v) is 9.26. The van der Waals surface area contributed by atoms with Gasteiger partial charge < -0.3 is 15.2 Å². The molecule has 0 radical (unpaired) electrons. The Morgan fingerprint density at radius 2 is 2.19 bits per heavy atom. The van der Waals surface area contributed by atoms with Gasteiger partial charge in [0.05, 0.1) is 5.92 Å². The fourth-order valence-corrected chi connectivity index (χ4v) is 3.65. The number of halogens is 1. The van der Waals surface area contributed by atoms with Crippen molar-refractivity contribution in [3.05, 3.63) is 54.2 Å². The Bertz CT molecular complexity index is 927. The Labute approximate surface area is 156 Å². The number of hydrogen-bond acceptors (Lipinski definition) is 4. The number of H-pyrrole nitrogens is 1. The number of aromatic amines is 1. The predicted molar refractivity (Wildman–Crippen MR) is 102 cm³/mol. The minimum Gasteiger partial charge on any atom is -0.361 e. The number of hydrogen-bond donors (Lipinski definition) is 2. The number of carbonyl (C=O) groups excluding carboxylic acids is 1. The Kier molecular flexibility index (Phi) is 5.00. The van der Waals surface area contributed by atoms with Crippen molar-refractivity contribution in [2.24, 2.45) is 5.92 Å². The van der Waals surface area contributed by atoms with Crippen molar-refractivity contribution < 1.29 is 9.18 Å². The molecule has 3 aromatic rings. The molecule has 0 spiro atoms. The van der Waals surface area contributed by atoms with Crippen LogP contribution >= 0.6 is 0 Å². The highest BCUT2D eigenvalue weighted by atomic mass is 19.1. The second kappa shape index (κ2) is 7.73. The molecule has 4 rings (SSSR count). The van der Waals surface area contributed by atoms with E-state index in [9.17, 15) is 9.18 Å². The third-order valence-corrected chi connectivity index (χ3v) is 5.05. The van der Waals surface area contributed by atoms with E-state index >= 15 is 0 Å². The number of piperidine rings is 1. The lowest BCUT2D eigenvalue weighted by molar-refractivity contribution is -0.125. The van der Waals surface area contributed by atoms with Crippen molar-refractivity contribution in [1.82, 2.24) is 20.3 Å². The van der Waals surface area contributed by atoms with Gasteiger partial charge in [-0.1, -0.05) is 0 Å². The smallest absolute Gasteiger partial charge is 0.225 e. The number of fused-ring (bicyclic) bond motifs is 1. The quantitative estimate of drug-likeness (QED) is 0.727. The second-order valence-electron chi connectivity index (χ2n) is 6.88. The summed E-state index contributed by atoms with van der Waals surface area (Å²) in [5.41, 5.74) is 1.91. The number of benzene rings is 1. The summed E-state index contributed by atoms with van der Waals surface area (Å²) in [5, 5.41) is 3.90. The van der Waals surface area contributed by atoms with Gasteiger partial charge in [0, 0.05) is 49.1 Å². The van der Waals surface area contributed by atoms with E-state index in [1.54, 1.807) is 24.5 Å². The number of anilines is 1. The Morgan fingerprint density at radius 3 is 3.04 bits per heavy atom. The van der Waals surface area contributed by atoms with Crippen LogP contribution in [0.5, 0.6) is 0 Å². The monoisotopic (exact) mass is 367 g/mol. The van der Waals surface area contributed by atoms with Crippen molar-refractivity contribution in [3.63, 3.8) is 0 Å². The van der Waals surface area contributed by atoms with Crippen LogP contribution in [0.3, 0.4) is 0 Å². The molecular weight excluding hydrogens is 345 g/mol. The molecule has 1 atom stereocenters. The van der Waals surface area contributed by atoms with Crippen LogP contribution in [-0.2, 0) is 11.2 Å². The highest BCUT2D eigenvalue weighted by Crippen LogP contribution is 2.21. The summed E-state index contributed by atoms with van der Waals surface area (Å²) in [6, 6.07) is 6.49. The summed E-state index contributed by atoms with van der Waals surface area (Å²) < 4.78 is 13.5. The molecule has 27 heavy (non-hydrogen) atoms. The minimum atomic E-state index is -0.252. The van der Waals surface area contributed by atoms with E-state index in [-0.39, 0.29) is 17.6 Å². The van der Waals surface area contributed by atoms with Crippen LogP contribution in [0.15, 0.2) is 42.9 Å². The number of rotatable bonds is 5. The lowest BCUT2D eigenvalue weighted by Crippen LogP contribution is -2.44. The van der Waals surface area contributed by atoms with E-state index < -0.39 is 0 Å². The third-order valence-electron chi connectivity index (χ3n) is 5.05. The van der Waals surface area contributed by atoms with Gasteiger partial charge in [-0.15, -0.1) is 0 Å². The van der Waals surface area contributed by atoms with Gasteiger partial charge in [-0.2, -0.15) is 0 Å². The van der Waals surface area contributed by atoms with Crippen molar-refractivity contribution in [1.29, 1.82) is 0 Å². The SMILES string of the molecule is O=C(NCCc1c[nH]c2ccc(F)cc12)C1CCCN(c2ncccn2)C1. The molecule has 1 aliphatic rings. The number of carbonyl (C=O) groups is 1. The molecule has 2 N–H and O–H groups in total. The number of amides is 1. The largest absolute Gasteiger partial charge is 0.361 e. The maximum absolute atomic E-state index is 13.5. The molecule has 6 nitrogen and oxygen atoms in total. The van der Waals surface area contributed by atoms with E-state index in [1.807, 2.05) is 6.20 Å². The molecule has 0 aliphatic carbocycles. The van der Waals surface area contributed by atoms with Gasteiger partial charge in [0.2, 0.25) is 11.9 Å².